The molecule has 5 aromatic rings. The number of anilines is 1. The number of carbonyl (C=O) groups excluding carboxylic acids is 3. The maximum atomic E-state index is 13.2. The number of alkyl halides is 3. The molecule has 3 aromatic carbocycles. The van der Waals surface area contributed by atoms with Gasteiger partial charge in [-0.15, -0.1) is 0 Å². The molecular formula is C34H28F3N5O3. The van der Waals surface area contributed by atoms with E-state index in [9.17, 15) is 27.6 Å². The minimum atomic E-state index is -4.48. The van der Waals surface area contributed by atoms with Gasteiger partial charge in [0, 0.05) is 28.8 Å². The van der Waals surface area contributed by atoms with Gasteiger partial charge >= 0.3 is 6.18 Å². The predicted octanol–water partition coefficient (Wildman–Crippen LogP) is 6.56. The summed E-state index contributed by atoms with van der Waals surface area (Å²) in [5.41, 5.74) is 1.37. The highest BCUT2D eigenvalue weighted by atomic mass is 19.4. The topological polar surface area (TPSA) is 113 Å². The van der Waals surface area contributed by atoms with Gasteiger partial charge in [-0.3, -0.25) is 19.4 Å². The van der Waals surface area contributed by atoms with Gasteiger partial charge in [-0.25, -0.2) is 4.98 Å². The quantitative estimate of drug-likeness (QED) is 0.184. The molecule has 0 saturated carbocycles. The molecule has 0 aliphatic rings. The van der Waals surface area contributed by atoms with Crippen LogP contribution in [0.1, 0.15) is 51.7 Å². The maximum absolute atomic E-state index is 13.2. The number of rotatable bonds is 8. The molecular weight excluding hydrogens is 583 g/mol. The number of hydrogen-bond donors (Lipinski definition) is 3. The summed E-state index contributed by atoms with van der Waals surface area (Å²) in [6.45, 7) is 3.67. The van der Waals surface area contributed by atoms with Gasteiger partial charge in [0.25, 0.3) is 11.8 Å². The van der Waals surface area contributed by atoms with E-state index in [0.29, 0.717) is 27.6 Å². The fraction of sp³-hybridized carbons (Fsp3) is 0.147. The smallest absolute Gasteiger partial charge is 0.352 e. The molecule has 45 heavy (non-hydrogen) atoms. The second kappa shape index (κ2) is 13.0. The first kappa shape index (κ1) is 30.9. The average Bonchev–Trinajstić information content (AvgIpc) is 3.03. The number of amides is 3. The SMILES string of the molecule is CC(C)NC(=O)[C@@H](NC(=O)c1ccc2nc(NC(=O)c3cccnc3-c3ccc(C(F)(F)F)cc3)ccc2c1)c1ccccc1. The number of halogens is 3. The molecule has 3 amide bonds. The van der Waals surface area contributed by atoms with Crippen LogP contribution in [-0.2, 0) is 11.0 Å². The fourth-order valence-corrected chi connectivity index (χ4v) is 4.68. The van der Waals surface area contributed by atoms with Gasteiger partial charge in [-0.1, -0.05) is 42.5 Å². The Hall–Kier alpha value is -5.58. The zero-order valence-corrected chi connectivity index (χ0v) is 24.2. The number of benzene rings is 3. The van der Waals surface area contributed by atoms with Gasteiger partial charge in [-0.05, 0) is 74.0 Å². The highest BCUT2D eigenvalue weighted by molar-refractivity contribution is 6.08. The van der Waals surface area contributed by atoms with Crippen molar-refractivity contribution in [2.24, 2.45) is 0 Å². The first-order valence-electron chi connectivity index (χ1n) is 14.0. The third kappa shape index (κ3) is 7.32. The number of nitrogens with zero attached hydrogens (tertiary/aromatic N) is 2. The van der Waals surface area contributed by atoms with Crippen LogP contribution in [0.4, 0.5) is 19.0 Å². The Balaban J connectivity index is 1.33. The Morgan fingerprint density at radius 1 is 0.778 bits per heavy atom. The van der Waals surface area contributed by atoms with E-state index in [1.807, 2.05) is 19.9 Å². The second-order valence-electron chi connectivity index (χ2n) is 10.5. The lowest BCUT2D eigenvalue weighted by Gasteiger charge is -2.20. The first-order valence-corrected chi connectivity index (χ1v) is 14.0. The lowest BCUT2D eigenvalue weighted by Crippen LogP contribution is -2.42. The number of aromatic nitrogens is 2. The lowest BCUT2D eigenvalue weighted by molar-refractivity contribution is -0.137. The van der Waals surface area contributed by atoms with E-state index in [4.69, 9.17) is 0 Å². The van der Waals surface area contributed by atoms with Crippen LogP contribution >= 0.6 is 0 Å². The molecule has 5 rings (SSSR count). The summed E-state index contributed by atoms with van der Waals surface area (Å²) in [6.07, 6.45) is -3.03. The molecule has 3 N–H and O–H groups in total. The van der Waals surface area contributed by atoms with Gasteiger partial charge in [0.1, 0.15) is 11.9 Å². The van der Waals surface area contributed by atoms with Gasteiger partial charge in [-0.2, -0.15) is 13.2 Å². The van der Waals surface area contributed by atoms with Crippen molar-refractivity contribution in [2.75, 3.05) is 5.32 Å². The highest BCUT2D eigenvalue weighted by Crippen LogP contribution is 2.31. The van der Waals surface area contributed by atoms with E-state index in [1.165, 1.54) is 24.4 Å². The molecule has 0 aliphatic heterocycles. The van der Waals surface area contributed by atoms with Crippen LogP contribution < -0.4 is 16.0 Å². The number of fused-ring (bicyclic) bond motifs is 1. The average molecular weight is 612 g/mol. The molecule has 228 valence electrons. The van der Waals surface area contributed by atoms with E-state index in [0.717, 1.165) is 12.1 Å². The molecule has 2 heterocycles. The third-order valence-corrected chi connectivity index (χ3v) is 6.83. The molecule has 0 radical (unpaired) electrons. The van der Waals surface area contributed by atoms with Crippen molar-refractivity contribution in [1.29, 1.82) is 0 Å². The summed E-state index contributed by atoms with van der Waals surface area (Å²) in [5, 5.41) is 8.99. The number of pyridine rings is 2. The Morgan fingerprint density at radius 3 is 2.20 bits per heavy atom. The van der Waals surface area contributed by atoms with Crippen molar-refractivity contribution in [3.63, 3.8) is 0 Å². The van der Waals surface area contributed by atoms with E-state index in [-0.39, 0.29) is 29.0 Å². The van der Waals surface area contributed by atoms with Crippen molar-refractivity contribution in [3.8, 4) is 11.3 Å². The molecule has 0 spiro atoms. The summed E-state index contributed by atoms with van der Waals surface area (Å²) in [6, 6.07) is 23.5. The molecule has 11 heteroatoms. The van der Waals surface area contributed by atoms with Gasteiger partial charge in [0.05, 0.1) is 22.3 Å². The standard InChI is InChI=1S/C34H28F3N5O3/c1-20(2)39-33(45)30(21-7-4-3-5-8-21)42-31(43)24-12-16-27-23(19-24)13-17-28(40-27)41-32(44)26-9-6-18-38-29(26)22-10-14-25(15-11-22)34(35,36)37/h3-20,30H,1-2H3,(H,39,45)(H,42,43)(H,40,41,44)/t30-/m0/s1. The van der Waals surface area contributed by atoms with Crippen molar-refractivity contribution in [2.45, 2.75) is 32.1 Å². The van der Waals surface area contributed by atoms with Crippen LogP contribution in [0.15, 0.2) is 103 Å². The second-order valence-corrected chi connectivity index (χ2v) is 10.5. The third-order valence-electron chi connectivity index (χ3n) is 6.83. The monoisotopic (exact) mass is 611 g/mol. The number of hydrogen-bond acceptors (Lipinski definition) is 5. The van der Waals surface area contributed by atoms with E-state index >= 15 is 0 Å². The normalized spacial score (nSPS) is 12.0. The Bertz CT molecular complexity index is 1860. The number of carbonyl (C=O) groups is 3. The predicted molar refractivity (Wildman–Crippen MR) is 164 cm³/mol. The van der Waals surface area contributed by atoms with Crippen LogP contribution in [0.2, 0.25) is 0 Å². The van der Waals surface area contributed by atoms with Gasteiger partial charge < -0.3 is 16.0 Å². The summed E-state index contributed by atoms with van der Waals surface area (Å²) >= 11 is 0. The fourth-order valence-electron chi connectivity index (χ4n) is 4.68. The van der Waals surface area contributed by atoms with Gasteiger partial charge in [0.2, 0.25) is 5.91 Å². The molecule has 8 nitrogen and oxygen atoms in total. The van der Waals surface area contributed by atoms with Crippen molar-refractivity contribution < 1.29 is 27.6 Å². The van der Waals surface area contributed by atoms with Crippen molar-refractivity contribution >= 4 is 34.4 Å². The molecule has 1 atom stereocenters. The zero-order valence-electron chi connectivity index (χ0n) is 24.2. The minimum Gasteiger partial charge on any atom is -0.352 e. The van der Waals surface area contributed by atoms with Crippen LogP contribution in [0.5, 0.6) is 0 Å². The Kier molecular flexibility index (Phi) is 8.89. The van der Waals surface area contributed by atoms with E-state index in [1.54, 1.807) is 60.7 Å². The molecule has 0 saturated heterocycles. The number of nitrogens with one attached hydrogen (secondary N) is 3. The zero-order chi connectivity index (χ0) is 32.1. The summed E-state index contributed by atoms with van der Waals surface area (Å²) in [4.78, 5) is 48.0. The lowest BCUT2D eigenvalue weighted by atomic mass is 10.0. The van der Waals surface area contributed by atoms with Crippen molar-refractivity contribution in [1.82, 2.24) is 20.6 Å². The summed E-state index contributed by atoms with van der Waals surface area (Å²) in [5.74, 6) is -1.11. The van der Waals surface area contributed by atoms with Crippen LogP contribution in [0, 0.1) is 0 Å². The van der Waals surface area contributed by atoms with Crippen LogP contribution in [0.3, 0.4) is 0 Å². The Labute approximate surface area is 256 Å². The van der Waals surface area contributed by atoms with E-state index < -0.39 is 29.6 Å². The van der Waals surface area contributed by atoms with E-state index in [2.05, 4.69) is 25.9 Å². The largest absolute Gasteiger partial charge is 0.416 e. The van der Waals surface area contributed by atoms with Gasteiger partial charge in [0.15, 0.2) is 0 Å². The summed E-state index contributed by atoms with van der Waals surface area (Å²) < 4.78 is 39.0. The molecule has 0 fully saturated rings. The molecule has 0 unspecified atom stereocenters. The molecule has 0 bridgehead atoms. The molecule has 0 aliphatic carbocycles. The highest BCUT2D eigenvalue weighted by Gasteiger charge is 2.30. The maximum Gasteiger partial charge on any atom is 0.416 e. The van der Waals surface area contributed by atoms with Crippen molar-refractivity contribution in [3.05, 3.63) is 126 Å². The first-order chi connectivity index (χ1) is 21.5. The molecule has 2 aromatic heterocycles. The van der Waals surface area contributed by atoms with Crippen LogP contribution in [0.25, 0.3) is 22.2 Å². The minimum absolute atomic E-state index is 0.114. The Morgan fingerprint density at radius 2 is 1.51 bits per heavy atom. The summed E-state index contributed by atoms with van der Waals surface area (Å²) in [7, 11) is 0. The van der Waals surface area contributed by atoms with Crippen LogP contribution in [-0.4, -0.2) is 33.7 Å².